The molecule has 1 aliphatic carbocycles. The molecule has 164 valence electrons. The third-order valence-electron chi connectivity index (χ3n) is 7.32. The highest BCUT2D eigenvalue weighted by molar-refractivity contribution is 5.70. The first kappa shape index (κ1) is 22.8. The maximum atomic E-state index is 10.8. The fourth-order valence-corrected chi connectivity index (χ4v) is 5.87. The molecule has 0 bridgehead atoms. The number of nitrogens with zero attached hydrogens (tertiary/aromatic N) is 2. The Kier molecular flexibility index (Phi) is 7.23. The summed E-state index contributed by atoms with van der Waals surface area (Å²) in [6.45, 7) is 20.9. The van der Waals surface area contributed by atoms with Crippen LogP contribution in [0.15, 0.2) is 37.4 Å². The van der Waals surface area contributed by atoms with Crippen molar-refractivity contribution in [3.8, 4) is 0 Å². The van der Waals surface area contributed by atoms with Crippen LogP contribution in [-0.2, 0) is 17.8 Å². The van der Waals surface area contributed by atoms with E-state index in [1.54, 1.807) is 0 Å². The lowest BCUT2D eigenvalue weighted by atomic mass is 9.88. The Balaban J connectivity index is 1.76. The minimum Gasteiger partial charge on any atom is -0.361 e. The van der Waals surface area contributed by atoms with Gasteiger partial charge in [0.05, 0.1) is 0 Å². The molecule has 0 spiro atoms. The van der Waals surface area contributed by atoms with Gasteiger partial charge >= 0.3 is 0 Å². The van der Waals surface area contributed by atoms with Gasteiger partial charge in [-0.1, -0.05) is 58.5 Å². The lowest BCUT2D eigenvalue weighted by Gasteiger charge is -2.31. The number of benzene rings is 1. The van der Waals surface area contributed by atoms with E-state index in [1.807, 2.05) is 6.08 Å². The van der Waals surface area contributed by atoms with E-state index >= 15 is 0 Å². The fourth-order valence-electron chi connectivity index (χ4n) is 5.87. The van der Waals surface area contributed by atoms with E-state index in [-0.39, 0.29) is 6.04 Å². The molecule has 0 N–H and O–H groups in total. The monoisotopic (exact) mass is 408 g/mol. The second kappa shape index (κ2) is 9.51. The maximum absolute atomic E-state index is 10.8. The number of carbonyl (C=O) groups is 1. The Morgan fingerprint density at radius 1 is 1.27 bits per heavy atom. The van der Waals surface area contributed by atoms with E-state index in [0.717, 1.165) is 44.5 Å². The van der Waals surface area contributed by atoms with Gasteiger partial charge in [-0.2, -0.15) is 0 Å². The van der Waals surface area contributed by atoms with E-state index in [2.05, 4.69) is 68.9 Å². The lowest BCUT2D eigenvalue weighted by Crippen LogP contribution is -2.38. The van der Waals surface area contributed by atoms with Crippen molar-refractivity contribution in [3.05, 3.63) is 54.1 Å². The van der Waals surface area contributed by atoms with Gasteiger partial charge in [0.25, 0.3) is 0 Å². The van der Waals surface area contributed by atoms with E-state index in [1.165, 1.54) is 29.5 Å². The molecule has 2 aliphatic rings. The predicted octanol–water partition coefficient (Wildman–Crippen LogP) is 5.70. The molecule has 3 heteroatoms. The van der Waals surface area contributed by atoms with Crippen LogP contribution in [0.3, 0.4) is 0 Å². The molecule has 0 saturated heterocycles. The average molecular weight is 409 g/mol. The first-order valence-electron chi connectivity index (χ1n) is 11.7. The largest absolute Gasteiger partial charge is 0.361 e. The van der Waals surface area contributed by atoms with Crippen LogP contribution >= 0.6 is 0 Å². The number of fused-ring (bicyclic) bond motifs is 1. The molecular formula is C27H40N2O. The SMILES string of the molecule is C=CC(CCC=O)N1Cc2cc(CC3CC(C)(C)CC3N(CC)CC)ccc2C1=C. The molecule has 3 nitrogen and oxygen atoms in total. The molecule has 1 fully saturated rings. The molecule has 1 aromatic carbocycles. The summed E-state index contributed by atoms with van der Waals surface area (Å²) in [6.07, 6.45) is 8.07. The Bertz CT molecular complexity index is 777. The average Bonchev–Trinajstić information content (AvgIpc) is 3.19. The van der Waals surface area contributed by atoms with Crippen LogP contribution in [0.1, 0.15) is 70.1 Å². The zero-order valence-electron chi connectivity index (χ0n) is 19.5. The quantitative estimate of drug-likeness (QED) is 0.367. The molecule has 1 aromatic rings. The zero-order chi connectivity index (χ0) is 21.9. The summed E-state index contributed by atoms with van der Waals surface area (Å²) in [5.74, 6) is 0.715. The van der Waals surface area contributed by atoms with Gasteiger partial charge in [-0.3, -0.25) is 0 Å². The molecule has 3 rings (SSSR count). The second-order valence-corrected chi connectivity index (χ2v) is 9.94. The minimum atomic E-state index is 0.168. The van der Waals surface area contributed by atoms with Gasteiger partial charge in [0.2, 0.25) is 0 Å². The highest BCUT2D eigenvalue weighted by Crippen LogP contribution is 2.45. The third-order valence-corrected chi connectivity index (χ3v) is 7.32. The molecule has 0 aromatic heterocycles. The van der Waals surface area contributed by atoms with Crippen LogP contribution in [0.25, 0.3) is 5.70 Å². The van der Waals surface area contributed by atoms with E-state index < -0.39 is 0 Å². The summed E-state index contributed by atoms with van der Waals surface area (Å²) >= 11 is 0. The van der Waals surface area contributed by atoms with E-state index in [4.69, 9.17) is 0 Å². The zero-order valence-corrected chi connectivity index (χ0v) is 19.5. The summed E-state index contributed by atoms with van der Waals surface area (Å²) in [5, 5.41) is 0. The van der Waals surface area contributed by atoms with Crippen molar-refractivity contribution in [2.45, 2.75) is 78.4 Å². The highest BCUT2D eigenvalue weighted by atomic mass is 16.1. The number of carbonyl (C=O) groups excluding carboxylic acids is 1. The molecule has 1 heterocycles. The Morgan fingerprint density at radius 3 is 2.63 bits per heavy atom. The Morgan fingerprint density at radius 2 is 2.00 bits per heavy atom. The highest BCUT2D eigenvalue weighted by Gasteiger charge is 2.41. The number of aldehydes is 1. The molecule has 3 atom stereocenters. The van der Waals surface area contributed by atoms with Gasteiger partial charge in [0, 0.05) is 36.3 Å². The van der Waals surface area contributed by atoms with Crippen LogP contribution < -0.4 is 0 Å². The first-order chi connectivity index (χ1) is 14.3. The molecule has 30 heavy (non-hydrogen) atoms. The summed E-state index contributed by atoms with van der Waals surface area (Å²) in [6, 6.07) is 7.83. The van der Waals surface area contributed by atoms with Crippen molar-refractivity contribution in [1.29, 1.82) is 0 Å². The van der Waals surface area contributed by atoms with Gasteiger partial charge < -0.3 is 14.6 Å². The molecule has 0 radical (unpaired) electrons. The smallest absolute Gasteiger partial charge is 0.120 e. The molecule has 0 amide bonds. The van der Waals surface area contributed by atoms with Gasteiger partial charge in [-0.15, -0.1) is 6.58 Å². The lowest BCUT2D eigenvalue weighted by molar-refractivity contribution is -0.108. The van der Waals surface area contributed by atoms with Gasteiger partial charge in [-0.25, -0.2) is 0 Å². The first-order valence-corrected chi connectivity index (χ1v) is 11.7. The van der Waals surface area contributed by atoms with Gasteiger partial charge in [0.1, 0.15) is 6.29 Å². The van der Waals surface area contributed by atoms with Gasteiger partial charge in [0.15, 0.2) is 0 Å². The molecule has 1 aliphatic heterocycles. The summed E-state index contributed by atoms with van der Waals surface area (Å²) < 4.78 is 0. The van der Waals surface area contributed by atoms with Crippen molar-refractivity contribution < 1.29 is 4.79 Å². The molecular weight excluding hydrogens is 368 g/mol. The van der Waals surface area contributed by atoms with Crippen molar-refractivity contribution >= 4 is 12.0 Å². The Hall–Kier alpha value is -1.87. The van der Waals surface area contributed by atoms with Crippen LogP contribution in [0.2, 0.25) is 0 Å². The van der Waals surface area contributed by atoms with Crippen molar-refractivity contribution in [2.24, 2.45) is 11.3 Å². The number of rotatable bonds is 10. The van der Waals surface area contributed by atoms with Crippen molar-refractivity contribution in [1.82, 2.24) is 9.80 Å². The number of hydrogen-bond donors (Lipinski definition) is 0. The van der Waals surface area contributed by atoms with Crippen molar-refractivity contribution in [3.63, 3.8) is 0 Å². The van der Waals surface area contributed by atoms with E-state index in [0.29, 0.717) is 23.8 Å². The predicted molar refractivity (Wildman–Crippen MR) is 127 cm³/mol. The standard InChI is InChI=1S/C27H40N2O/c1-7-24(11-10-14-30)29-19-23-16-21(12-13-25(23)20(29)4)15-22-17-27(5,6)18-26(22)28(8-2)9-3/h7,12-14,16,22,24,26H,1,4,8-11,15,17-19H2,2-3,5-6H3. The summed E-state index contributed by atoms with van der Waals surface area (Å²) in [7, 11) is 0. The van der Waals surface area contributed by atoms with Gasteiger partial charge in [-0.05, 0) is 61.2 Å². The number of hydrogen-bond acceptors (Lipinski definition) is 3. The topological polar surface area (TPSA) is 23.6 Å². The van der Waals surface area contributed by atoms with Crippen LogP contribution in [0.5, 0.6) is 0 Å². The Labute approximate surface area is 183 Å². The minimum absolute atomic E-state index is 0.168. The normalized spacial score (nSPS) is 23.6. The third kappa shape index (κ3) is 4.72. The summed E-state index contributed by atoms with van der Waals surface area (Å²) in [5.41, 5.74) is 5.56. The van der Waals surface area contributed by atoms with E-state index in [9.17, 15) is 4.79 Å². The van der Waals surface area contributed by atoms with Crippen molar-refractivity contribution in [2.75, 3.05) is 13.1 Å². The van der Waals surface area contributed by atoms with Crippen LogP contribution in [0, 0.1) is 11.3 Å². The molecule has 1 saturated carbocycles. The fraction of sp³-hybridized carbons (Fsp3) is 0.593. The summed E-state index contributed by atoms with van der Waals surface area (Å²) in [4.78, 5) is 15.8. The van der Waals surface area contributed by atoms with Crippen LogP contribution in [0.4, 0.5) is 0 Å². The second-order valence-electron chi connectivity index (χ2n) is 9.94. The maximum Gasteiger partial charge on any atom is 0.120 e. The molecule has 3 unspecified atom stereocenters. The van der Waals surface area contributed by atoms with Crippen LogP contribution in [-0.4, -0.2) is 41.3 Å².